The summed E-state index contributed by atoms with van der Waals surface area (Å²) in [5.41, 5.74) is 0. The lowest BCUT2D eigenvalue weighted by atomic mass is 10.3. The van der Waals surface area contributed by atoms with Gasteiger partial charge in [-0.25, -0.2) is 13.1 Å². The van der Waals surface area contributed by atoms with Crippen molar-refractivity contribution in [3.05, 3.63) is 27.2 Å². The fourth-order valence-electron chi connectivity index (χ4n) is 1.82. The van der Waals surface area contributed by atoms with Gasteiger partial charge in [-0.1, -0.05) is 34.8 Å². The normalized spacial score (nSPS) is 20.3. The molecule has 0 aliphatic carbocycles. The van der Waals surface area contributed by atoms with E-state index in [2.05, 4.69) is 10.0 Å². The zero-order valence-electron chi connectivity index (χ0n) is 9.21. The molecule has 1 aliphatic heterocycles. The van der Waals surface area contributed by atoms with Crippen LogP contribution in [-0.2, 0) is 10.0 Å². The van der Waals surface area contributed by atoms with E-state index in [-0.39, 0.29) is 21.0 Å². The number of benzene rings is 1. The second-order valence-electron chi connectivity index (χ2n) is 4.01. The molecule has 0 saturated carbocycles. The van der Waals surface area contributed by atoms with Crippen molar-refractivity contribution in [3.8, 4) is 0 Å². The number of rotatable bonds is 3. The fraction of sp³-hybridized carbons (Fsp3) is 0.400. The molecule has 0 unspecified atom stereocenters. The molecular formula is C10H11Cl3N2O2S. The summed E-state index contributed by atoms with van der Waals surface area (Å²) in [4.78, 5) is -0.123. The van der Waals surface area contributed by atoms with Crippen LogP contribution in [0.1, 0.15) is 6.42 Å². The summed E-state index contributed by atoms with van der Waals surface area (Å²) in [6.45, 7) is 1.39. The number of halogens is 3. The Balaban J connectivity index is 2.34. The minimum absolute atomic E-state index is 0.0194. The SMILES string of the molecule is O=S(=O)(N[C@@H]1CCNC1)c1c(Cl)cc(Cl)cc1Cl. The zero-order valence-corrected chi connectivity index (χ0v) is 12.3. The highest BCUT2D eigenvalue weighted by Gasteiger charge is 2.27. The average molecular weight is 330 g/mol. The third-order valence-electron chi connectivity index (χ3n) is 2.61. The van der Waals surface area contributed by atoms with E-state index in [0.717, 1.165) is 13.0 Å². The van der Waals surface area contributed by atoms with Crippen LogP contribution in [0.25, 0.3) is 0 Å². The lowest BCUT2D eigenvalue weighted by Crippen LogP contribution is -2.36. The standard InChI is InChI=1S/C10H11Cl3N2O2S/c11-6-3-8(12)10(9(13)4-6)18(16,17)15-7-1-2-14-5-7/h3-4,7,14-15H,1-2,5H2/t7-/m1/s1. The maximum atomic E-state index is 12.2. The van der Waals surface area contributed by atoms with Crippen LogP contribution >= 0.6 is 34.8 Å². The molecule has 0 bridgehead atoms. The van der Waals surface area contributed by atoms with Crippen LogP contribution in [-0.4, -0.2) is 27.5 Å². The summed E-state index contributed by atoms with van der Waals surface area (Å²) in [5, 5.41) is 3.41. The molecule has 18 heavy (non-hydrogen) atoms. The van der Waals surface area contributed by atoms with Crippen molar-refractivity contribution in [2.45, 2.75) is 17.4 Å². The van der Waals surface area contributed by atoms with Crippen LogP contribution < -0.4 is 10.0 Å². The van der Waals surface area contributed by atoms with Crippen LogP contribution in [0.3, 0.4) is 0 Å². The second kappa shape index (κ2) is 5.53. The number of hydrogen-bond donors (Lipinski definition) is 2. The molecule has 1 fully saturated rings. The summed E-state index contributed by atoms with van der Waals surface area (Å²) in [6.07, 6.45) is 0.738. The van der Waals surface area contributed by atoms with Gasteiger partial charge in [0.05, 0.1) is 10.0 Å². The van der Waals surface area contributed by atoms with Crippen LogP contribution in [0, 0.1) is 0 Å². The summed E-state index contributed by atoms with van der Waals surface area (Å²) in [5.74, 6) is 0. The third kappa shape index (κ3) is 3.10. The first-order chi connectivity index (χ1) is 8.40. The van der Waals surface area contributed by atoms with Gasteiger partial charge in [0.2, 0.25) is 10.0 Å². The Morgan fingerprint density at radius 2 is 1.83 bits per heavy atom. The second-order valence-corrected chi connectivity index (χ2v) is 6.91. The van der Waals surface area contributed by atoms with Gasteiger partial charge < -0.3 is 5.32 Å². The van der Waals surface area contributed by atoms with Crippen molar-refractivity contribution in [1.29, 1.82) is 0 Å². The van der Waals surface area contributed by atoms with E-state index in [1.165, 1.54) is 12.1 Å². The summed E-state index contributed by atoms with van der Waals surface area (Å²) in [6, 6.07) is 2.57. The van der Waals surface area contributed by atoms with Crippen LogP contribution in [0.4, 0.5) is 0 Å². The highest BCUT2D eigenvalue weighted by molar-refractivity contribution is 7.89. The number of sulfonamides is 1. The van der Waals surface area contributed by atoms with E-state index in [1.54, 1.807) is 0 Å². The highest BCUT2D eigenvalue weighted by atomic mass is 35.5. The predicted molar refractivity (Wildman–Crippen MR) is 73.1 cm³/mol. The Hall–Kier alpha value is -0.0400. The minimum Gasteiger partial charge on any atom is -0.315 e. The van der Waals surface area contributed by atoms with Gasteiger partial charge in [-0.3, -0.25) is 0 Å². The highest BCUT2D eigenvalue weighted by Crippen LogP contribution is 2.32. The largest absolute Gasteiger partial charge is 0.315 e. The van der Waals surface area contributed by atoms with Crippen LogP contribution in [0.15, 0.2) is 17.0 Å². The van der Waals surface area contributed by atoms with Gasteiger partial charge >= 0.3 is 0 Å². The van der Waals surface area contributed by atoms with Crippen LogP contribution in [0.5, 0.6) is 0 Å². The first kappa shape index (κ1) is 14.4. The smallest absolute Gasteiger partial charge is 0.243 e. The van der Waals surface area contributed by atoms with Gasteiger partial charge in [0.1, 0.15) is 4.90 Å². The molecular weight excluding hydrogens is 319 g/mol. The summed E-state index contributed by atoms with van der Waals surface area (Å²) in [7, 11) is -3.73. The first-order valence-corrected chi connectivity index (χ1v) is 7.89. The van der Waals surface area contributed by atoms with E-state index in [0.29, 0.717) is 11.6 Å². The van der Waals surface area contributed by atoms with E-state index in [4.69, 9.17) is 34.8 Å². The quantitative estimate of drug-likeness (QED) is 0.894. The van der Waals surface area contributed by atoms with Crippen molar-refractivity contribution < 1.29 is 8.42 Å². The van der Waals surface area contributed by atoms with Crippen molar-refractivity contribution in [2.75, 3.05) is 13.1 Å². The van der Waals surface area contributed by atoms with E-state index in [9.17, 15) is 8.42 Å². The van der Waals surface area contributed by atoms with Crippen molar-refractivity contribution in [2.24, 2.45) is 0 Å². The number of nitrogens with one attached hydrogen (secondary N) is 2. The molecule has 1 aliphatic rings. The van der Waals surface area contributed by atoms with Gasteiger partial charge in [-0.2, -0.15) is 0 Å². The zero-order chi connectivity index (χ0) is 13.3. The molecule has 1 aromatic rings. The molecule has 1 atom stereocenters. The topological polar surface area (TPSA) is 58.2 Å². The molecule has 0 aromatic heterocycles. The lowest BCUT2D eigenvalue weighted by molar-refractivity contribution is 0.560. The summed E-state index contributed by atoms with van der Waals surface area (Å²) < 4.78 is 27.0. The van der Waals surface area contributed by atoms with E-state index in [1.807, 2.05) is 0 Å². The molecule has 1 aromatic carbocycles. The molecule has 8 heteroatoms. The molecule has 1 heterocycles. The Labute approximate surface area is 121 Å². The molecule has 0 amide bonds. The Kier molecular flexibility index (Phi) is 4.41. The monoisotopic (exact) mass is 328 g/mol. The Morgan fingerprint density at radius 3 is 2.33 bits per heavy atom. The van der Waals surface area contributed by atoms with Crippen molar-refractivity contribution in [1.82, 2.24) is 10.0 Å². The van der Waals surface area contributed by atoms with Crippen LogP contribution in [0.2, 0.25) is 15.1 Å². The molecule has 0 radical (unpaired) electrons. The van der Waals surface area contributed by atoms with E-state index < -0.39 is 10.0 Å². The molecule has 1 saturated heterocycles. The van der Waals surface area contributed by atoms with E-state index >= 15 is 0 Å². The maximum Gasteiger partial charge on any atom is 0.243 e. The van der Waals surface area contributed by atoms with Crippen molar-refractivity contribution in [3.63, 3.8) is 0 Å². The Morgan fingerprint density at radius 1 is 1.22 bits per heavy atom. The lowest BCUT2D eigenvalue weighted by Gasteiger charge is -2.14. The van der Waals surface area contributed by atoms with Gasteiger partial charge in [0, 0.05) is 17.6 Å². The van der Waals surface area contributed by atoms with Crippen molar-refractivity contribution >= 4 is 44.8 Å². The number of hydrogen-bond acceptors (Lipinski definition) is 3. The summed E-state index contributed by atoms with van der Waals surface area (Å²) >= 11 is 17.6. The Bertz CT molecular complexity index is 533. The molecule has 2 N–H and O–H groups in total. The van der Waals surface area contributed by atoms with Gasteiger partial charge in [-0.05, 0) is 25.1 Å². The third-order valence-corrected chi connectivity index (χ3v) is 5.27. The molecule has 0 spiro atoms. The van der Waals surface area contributed by atoms with Gasteiger partial charge in [-0.15, -0.1) is 0 Å². The van der Waals surface area contributed by atoms with Gasteiger partial charge in [0.15, 0.2) is 0 Å². The first-order valence-electron chi connectivity index (χ1n) is 5.28. The average Bonchev–Trinajstić information content (AvgIpc) is 2.66. The molecule has 4 nitrogen and oxygen atoms in total. The maximum absolute atomic E-state index is 12.2. The van der Waals surface area contributed by atoms with Gasteiger partial charge in [0.25, 0.3) is 0 Å². The molecule has 2 rings (SSSR count). The fourth-order valence-corrected chi connectivity index (χ4v) is 4.63. The molecule has 100 valence electrons. The predicted octanol–water partition coefficient (Wildman–Crippen LogP) is 2.29. The minimum atomic E-state index is -3.73.